The van der Waals surface area contributed by atoms with Crippen molar-refractivity contribution in [3.63, 3.8) is 0 Å². The van der Waals surface area contributed by atoms with E-state index in [-0.39, 0.29) is 36.3 Å². The zero-order valence-electron chi connectivity index (χ0n) is 18.3. The van der Waals surface area contributed by atoms with Crippen molar-refractivity contribution in [2.75, 3.05) is 39.9 Å². The van der Waals surface area contributed by atoms with Gasteiger partial charge in [-0.1, -0.05) is 43.6 Å². The molecule has 2 aliphatic heterocycles. The molecule has 1 N–H and O–H groups in total. The van der Waals surface area contributed by atoms with E-state index in [0.29, 0.717) is 44.2 Å². The molecular formula is C22H31ClN4O4. The number of carbonyl (C=O) groups excluding carboxylic acids is 3. The molecule has 0 aliphatic carbocycles. The molecule has 2 heterocycles. The minimum atomic E-state index is -0.501. The van der Waals surface area contributed by atoms with Gasteiger partial charge in [0, 0.05) is 38.3 Å². The molecule has 1 aromatic rings. The number of piperazine rings is 1. The lowest BCUT2D eigenvalue weighted by Gasteiger charge is -2.42. The summed E-state index contributed by atoms with van der Waals surface area (Å²) >= 11 is 6.14. The molecule has 4 amide bonds. The van der Waals surface area contributed by atoms with Crippen LogP contribution < -0.4 is 5.32 Å². The lowest BCUT2D eigenvalue weighted by molar-refractivity contribution is -0.143. The first kappa shape index (κ1) is 23.3. The van der Waals surface area contributed by atoms with E-state index < -0.39 is 6.04 Å². The van der Waals surface area contributed by atoms with Gasteiger partial charge in [0.25, 0.3) is 0 Å². The number of rotatable bonds is 9. The first-order valence-corrected chi connectivity index (χ1v) is 11.0. The van der Waals surface area contributed by atoms with E-state index in [4.69, 9.17) is 16.3 Å². The van der Waals surface area contributed by atoms with Crippen LogP contribution in [-0.2, 0) is 20.9 Å². The van der Waals surface area contributed by atoms with Crippen molar-refractivity contribution < 1.29 is 19.1 Å². The highest BCUT2D eigenvalue weighted by Gasteiger charge is 2.49. The molecule has 2 atom stereocenters. The largest absolute Gasteiger partial charge is 0.383 e. The molecule has 0 saturated carbocycles. The average Bonchev–Trinajstić information content (AvgIpc) is 3.03. The van der Waals surface area contributed by atoms with Crippen LogP contribution in [0.15, 0.2) is 24.3 Å². The van der Waals surface area contributed by atoms with Gasteiger partial charge in [0.2, 0.25) is 11.8 Å². The van der Waals surface area contributed by atoms with Gasteiger partial charge in [0.15, 0.2) is 0 Å². The zero-order valence-corrected chi connectivity index (χ0v) is 19.1. The quantitative estimate of drug-likeness (QED) is 0.623. The second kappa shape index (κ2) is 10.3. The number of carbonyl (C=O) groups is 3. The minimum Gasteiger partial charge on any atom is -0.383 e. The Kier molecular flexibility index (Phi) is 7.78. The highest BCUT2D eigenvalue weighted by molar-refractivity contribution is 6.31. The smallest absolute Gasteiger partial charge is 0.321 e. The van der Waals surface area contributed by atoms with Crippen molar-refractivity contribution in [3.05, 3.63) is 34.9 Å². The van der Waals surface area contributed by atoms with Gasteiger partial charge >= 0.3 is 6.03 Å². The van der Waals surface area contributed by atoms with Crippen LogP contribution in [0.25, 0.3) is 0 Å². The van der Waals surface area contributed by atoms with Crippen molar-refractivity contribution in [2.24, 2.45) is 5.92 Å². The zero-order chi connectivity index (χ0) is 22.5. The Morgan fingerprint density at radius 1 is 1.23 bits per heavy atom. The normalized spacial score (nSPS) is 21.1. The molecule has 2 fully saturated rings. The maximum Gasteiger partial charge on any atom is 0.321 e. The van der Waals surface area contributed by atoms with Gasteiger partial charge in [-0.15, -0.1) is 0 Å². The fourth-order valence-corrected chi connectivity index (χ4v) is 4.41. The standard InChI is InChI=1S/C22H31ClN4O4/c1-15(2)10-19-21(29)25(8-9-31-3)12-17-13-26(22(30)27(17)19)14-20(28)24-11-16-6-4-5-7-18(16)23/h4-7,15,17,19H,8-14H2,1-3H3,(H,24,28)/t17-,19-/m0/s1. The Balaban J connectivity index is 1.65. The van der Waals surface area contributed by atoms with Gasteiger partial charge in [-0.05, 0) is 24.0 Å². The SMILES string of the molecule is COCCN1C[C@H]2CN(CC(=O)NCc3ccccc3Cl)C(=O)N2[C@@H](CC(C)C)C1=O. The van der Waals surface area contributed by atoms with Gasteiger partial charge in [-0.3, -0.25) is 9.59 Å². The number of benzene rings is 1. The van der Waals surface area contributed by atoms with Crippen molar-refractivity contribution in [1.29, 1.82) is 0 Å². The van der Waals surface area contributed by atoms with E-state index in [2.05, 4.69) is 5.32 Å². The number of hydrogen-bond donors (Lipinski definition) is 1. The molecule has 0 aromatic heterocycles. The molecule has 8 nitrogen and oxygen atoms in total. The first-order valence-electron chi connectivity index (χ1n) is 10.7. The number of urea groups is 1. The van der Waals surface area contributed by atoms with Crippen molar-refractivity contribution in [1.82, 2.24) is 20.0 Å². The number of halogens is 1. The van der Waals surface area contributed by atoms with Crippen LogP contribution >= 0.6 is 11.6 Å². The van der Waals surface area contributed by atoms with Gasteiger partial charge in [0.1, 0.15) is 12.6 Å². The topological polar surface area (TPSA) is 82.2 Å². The van der Waals surface area contributed by atoms with Gasteiger partial charge in [-0.25, -0.2) is 4.79 Å². The van der Waals surface area contributed by atoms with Crippen molar-refractivity contribution in [3.8, 4) is 0 Å². The number of methoxy groups -OCH3 is 1. The van der Waals surface area contributed by atoms with Crippen LogP contribution in [0.4, 0.5) is 4.79 Å². The summed E-state index contributed by atoms with van der Waals surface area (Å²) in [5, 5.41) is 3.41. The summed E-state index contributed by atoms with van der Waals surface area (Å²) in [6, 6.07) is 6.44. The van der Waals surface area contributed by atoms with Gasteiger partial charge < -0.3 is 24.8 Å². The summed E-state index contributed by atoms with van der Waals surface area (Å²) in [6.07, 6.45) is 0.594. The van der Waals surface area contributed by atoms with Crippen molar-refractivity contribution in [2.45, 2.75) is 38.9 Å². The second-order valence-electron chi connectivity index (χ2n) is 8.51. The third-order valence-corrected chi connectivity index (χ3v) is 6.08. The summed E-state index contributed by atoms with van der Waals surface area (Å²) in [6.45, 7) is 6.16. The maximum absolute atomic E-state index is 13.1. The second-order valence-corrected chi connectivity index (χ2v) is 8.92. The van der Waals surface area contributed by atoms with Crippen molar-refractivity contribution >= 4 is 29.4 Å². The monoisotopic (exact) mass is 450 g/mol. The highest BCUT2D eigenvalue weighted by atomic mass is 35.5. The maximum atomic E-state index is 13.1. The van der Waals surface area contributed by atoms with Crippen LogP contribution in [0, 0.1) is 5.92 Å². The molecule has 1 aromatic carbocycles. The molecule has 9 heteroatoms. The molecule has 3 rings (SSSR count). The van der Waals surface area contributed by atoms with E-state index in [1.807, 2.05) is 32.0 Å². The molecule has 0 spiro atoms. The fourth-order valence-electron chi connectivity index (χ4n) is 4.21. The molecule has 2 aliphatic rings. The summed E-state index contributed by atoms with van der Waals surface area (Å²) < 4.78 is 5.14. The minimum absolute atomic E-state index is 0.0413. The van der Waals surface area contributed by atoms with Crippen LogP contribution in [0.1, 0.15) is 25.8 Å². The average molecular weight is 451 g/mol. The highest BCUT2D eigenvalue weighted by Crippen LogP contribution is 2.29. The summed E-state index contributed by atoms with van der Waals surface area (Å²) in [5.41, 5.74) is 0.819. The summed E-state index contributed by atoms with van der Waals surface area (Å²) in [7, 11) is 1.61. The third-order valence-electron chi connectivity index (χ3n) is 5.71. The van der Waals surface area contributed by atoms with E-state index in [0.717, 1.165) is 5.56 Å². The lowest BCUT2D eigenvalue weighted by atomic mass is 9.97. The number of amides is 4. The number of nitrogens with one attached hydrogen (secondary N) is 1. The Hall–Kier alpha value is -2.32. The predicted molar refractivity (Wildman–Crippen MR) is 118 cm³/mol. The van der Waals surface area contributed by atoms with E-state index in [1.165, 1.54) is 4.90 Å². The lowest BCUT2D eigenvalue weighted by Crippen LogP contribution is -2.61. The van der Waals surface area contributed by atoms with E-state index in [1.54, 1.807) is 23.0 Å². The summed E-state index contributed by atoms with van der Waals surface area (Å²) in [4.78, 5) is 43.7. The number of hydrogen-bond acceptors (Lipinski definition) is 4. The molecule has 0 unspecified atom stereocenters. The van der Waals surface area contributed by atoms with Gasteiger partial charge in [-0.2, -0.15) is 0 Å². The van der Waals surface area contributed by atoms with Crippen LogP contribution in [-0.4, -0.2) is 84.5 Å². The Morgan fingerprint density at radius 2 is 1.94 bits per heavy atom. The molecule has 0 bridgehead atoms. The first-order chi connectivity index (χ1) is 14.8. The summed E-state index contributed by atoms with van der Waals surface area (Å²) in [5.74, 6) is -0.0331. The number of fused-ring (bicyclic) bond motifs is 1. The predicted octanol–water partition coefficient (Wildman–Crippen LogP) is 1.97. The Morgan fingerprint density at radius 3 is 2.61 bits per heavy atom. The van der Waals surface area contributed by atoms with Gasteiger partial charge in [0.05, 0.1) is 12.6 Å². The molecule has 170 valence electrons. The Labute approximate surface area is 188 Å². The Bertz CT molecular complexity index is 818. The number of nitrogens with zero attached hydrogens (tertiary/aromatic N) is 3. The van der Waals surface area contributed by atoms with Crippen LogP contribution in [0.2, 0.25) is 5.02 Å². The fraction of sp³-hybridized carbons (Fsp3) is 0.591. The molecule has 0 radical (unpaired) electrons. The third kappa shape index (κ3) is 5.49. The molecular weight excluding hydrogens is 420 g/mol. The number of ether oxygens (including phenoxy) is 1. The van der Waals surface area contributed by atoms with Crippen LogP contribution in [0.5, 0.6) is 0 Å². The molecule has 2 saturated heterocycles. The van der Waals surface area contributed by atoms with E-state index >= 15 is 0 Å². The van der Waals surface area contributed by atoms with E-state index in [9.17, 15) is 14.4 Å². The van der Waals surface area contributed by atoms with Crippen LogP contribution in [0.3, 0.4) is 0 Å². The molecule has 31 heavy (non-hydrogen) atoms.